The van der Waals surface area contributed by atoms with Crippen molar-refractivity contribution >= 4 is 29.1 Å². The zero-order valence-corrected chi connectivity index (χ0v) is 18.9. The van der Waals surface area contributed by atoms with Crippen LogP contribution in [0.1, 0.15) is 29.7 Å². The first-order valence-corrected chi connectivity index (χ1v) is 10.6. The molecule has 8 heteroatoms. The topological polar surface area (TPSA) is 117 Å². The van der Waals surface area contributed by atoms with Gasteiger partial charge in [-0.3, -0.25) is 19.3 Å². The van der Waals surface area contributed by atoms with Gasteiger partial charge in [0.25, 0.3) is 11.7 Å². The molecule has 0 aliphatic carbocycles. The van der Waals surface area contributed by atoms with Crippen molar-refractivity contribution in [1.82, 2.24) is 0 Å². The molecule has 3 aromatic rings. The number of aliphatic hydroxyl groups is 1. The molecule has 0 spiro atoms. The van der Waals surface area contributed by atoms with Crippen molar-refractivity contribution in [3.05, 3.63) is 95.1 Å². The van der Waals surface area contributed by atoms with Crippen LogP contribution in [-0.2, 0) is 14.4 Å². The van der Waals surface area contributed by atoms with Gasteiger partial charge in [-0.15, -0.1) is 0 Å². The third-order valence-corrected chi connectivity index (χ3v) is 5.52. The van der Waals surface area contributed by atoms with Gasteiger partial charge in [0.05, 0.1) is 35.9 Å². The second-order valence-electron chi connectivity index (χ2n) is 7.69. The van der Waals surface area contributed by atoms with E-state index in [1.165, 1.54) is 37.1 Å². The molecule has 1 aliphatic heterocycles. The lowest BCUT2D eigenvalue weighted by atomic mass is 9.94. The second-order valence-corrected chi connectivity index (χ2v) is 7.69. The van der Waals surface area contributed by atoms with Crippen molar-refractivity contribution in [2.24, 2.45) is 0 Å². The maximum atomic E-state index is 13.3. The molecule has 1 N–H and O–H groups in total. The molecule has 1 amide bonds. The first-order valence-electron chi connectivity index (χ1n) is 10.6. The first kappa shape index (κ1) is 23.3. The van der Waals surface area contributed by atoms with Crippen LogP contribution in [0.3, 0.4) is 0 Å². The van der Waals surface area contributed by atoms with Crippen LogP contribution in [0.4, 0.5) is 5.69 Å². The van der Waals surface area contributed by atoms with Crippen LogP contribution >= 0.6 is 0 Å². The molecule has 1 atom stereocenters. The van der Waals surface area contributed by atoms with Crippen LogP contribution in [0.2, 0.25) is 0 Å². The minimum Gasteiger partial charge on any atom is -0.507 e. The standard InChI is InChI=1S/C27H20N2O6/c1-16(30)35-20-7-5-6-18(14-20)24-23(25(31)21-8-3-4-9-22(21)34-2)26(32)27(33)29(24)19-12-10-17(15-28)11-13-19/h3-14,24,31H,1-2H3/b25-23-. The van der Waals surface area contributed by atoms with Crippen LogP contribution in [0, 0.1) is 11.3 Å². The summed E-state index contributed by atoms with van der Waals surface area (Å²) in [6.45, 7) is 1.26. The molecule has 1 fully saturated rings. The number of Topliss-reactive ketones (excluding diaryl/α,β-unsaturated/α-hetero) is 1. The largest absolute Gasteiger partial charge is 0.507 e. The Morgan fingerprint density at radius 1 is 1.03 bits per heavy atom. The van der Waals surface area contributed by atoms with Crippen LogP contribution in [0.15, 0.2) is 78.4 Å². The smallest absolute Gasteiger partial charge is 0.308 e. The highest BCUT2D eigenvalue weighted by atomic mass is 16.5. The second kappa shape index (κ2) is 9.53. The Morgan fingerprint density at radius 3 is 2.40 bits per heavy atom. The molecule has 0 aromatic heterocycles. The normalized spacial score (nSPS) is 16.6. The molecular formula is C27H20N2O6. The van der Waals surface area contributed by atoms with Crippen molar-refractivity contribution in [2.45, 2.75) is 13.0 Å². The number of esters is 1. The van der Waals surface area contributed by atoms with Crippen molar-refractivity contribution in [2.75, 3.05) is 12.0 Å². The molecule has 1 saturated heterocycles. The molecule has 0 saturated carbocycles. The number of hydrogen-bond acceptors (Lipinski definition) is 7. The third-order valence-electron chi connectivity index (χ3n) is 5.52. The van der Waals surface area contributed by atoms with Gasteiger partial charge in [0.2, 0.25) is 0 Å². The summed E-state index contributed by atoms with van der Waals surface area (Å²) in [6, 6.07) is 20.1. The van der Waals surface area contributed by atoms with E-state index in [-0.39, 0.29) is 16.9 Å². The highest BCUT2D eigenvalue weighted by Gasteiger charge is 2.47. The van der Waals surface area contributed by atoms with Crippen molar-refractivity contribution in [3.8, 4) is 17.6 Å². The fourth-order valence-corrected chi connectivity index (χ4v) is 4.01. The summed E-state index contributed by atoms with van der Waals surface area (Å²) in [6.07, 6.45) is 0. The van der Waals surface area contributed by atoms with E-state index in [2.05, 4.69) is 0 Å². The Labute approximate surface area is 201 Å². The lowest BCUT2D eigenvalue weighted by Gasteiger charge is -2.26. The maximum Gasteiger partial charge on any atom is 0.308 e. The molecule has 174 valence electrons. The van der Waals surface area contributed by atoms with Crippen LogP contribution in [-0.4, -0.2) is 29.9 Å². The number of carbonyl (C=O) groups excluding carboxylic acids is 3. The number of ketones is 1. The Kier molecular flexibility index (Phi) is 6.34. The highest BCUT2D eigenvalue weighted by Crippen LogP contribution is 2.43. The SMILES string of the molecule is COc1ccccc1/C(O)=C1/C(=O)C(=O)N(c2ccc(C#N)cc2)C1c1cccc(OC(C)=O)c1. The molecule has 35 heavy (non-hydrogen) atoms. The Bertz CT molecular complexity index is 1400. The zero-order valence-electron chi connectivity index (χ0n) is 18.9. The molecule has 1 heterocycles. The average Bonchev–Trinajstić information content (AvgIpc) is 3.13. The van der Waals surface area contributed by atoms with E-state index < -0.39 is 29.5 Å². The summed E-state index contributed by atoms with van der Waals surface area (Å²) in [5.74, 6) is -2.13. The number of para-hydroxylation sites is 1. The summed E-state index contributed by atoms with van der Waals surface area (Å²) in [5.41, 5.74) is 1.27. The van der Waals surface area contributed by atoms with E-state index in [9.17, 15) is 19.5 Å². The number of amides is 1. The predicted octanol–water partition coefficient (Wildman–Crippen LogP) is 4.12. The summed E-state index contributed by atoms with van der Waals surface area (Å²) in [5, 5.41) is 20.4. The fourth-order valence-electron chi connectivity index (χ4n) is 4.01. The third kappa shape index (κ3) is 4.35. The maximum absolute atomic E-state index is 13.3. The Morgan fingerprint density at radius 2 is 1.74 bits per heavy atom. The lowest BCUT2D eigenvalue weighted by Crippen LogP contribution is -2.29. The van der Waals surface area contributed by atoms with E-state index in [1.807, 2.05) is 6.07 Å². The van der Waals surface area contributed by atoms with Gasteiger partial charge in [0.1, 0.15) is 17.3 Å². The molecule has 1 aliphatic rings. The number of methoxy groups -OCH3 is 1. The number of nitriles is 1. The van der Waals surface area contributed by atoms with Gasteiger partial charge < -0.3 is 14.6 Å². The van der Waals surface area contributed by atoms with Gasteiger partial charge in [0, 0.05) is 12.6 Å². The molecule has 4 rings (SSSR count). The van der Waals surface area contributed by atoms with Gasteiger partial charge in [-0.25, -0.2) is 0 Å². The molecule has 8 nitrogen and oxygen atoms in total. The lowest BCUT2D eigenvalue weighted by molar-refractivity contribution is -0.132. The zero-order chi connectivity index (χ0) is 25.1. The monoisotopic (exact) mass is 468 g/mol. The molecular weight excluding hydrogens is 448 g/mol. The van der Waals surface area contributed by atoms with E-state index >= 15 is 0 Å². The Balaban J connectivity index is 1.96. The number of anilines is 1. The average molecular weight is 468 g/mol. The van der Waals surface area contributed by atoms with E-state index in [0.717, 1.165) is 0 Å². The molecule has 3 aromatic carbocycles. The van der Waals surface area contributed by atoms with Gasteiger partial charge >= 0.3 is 5.97 Å². The van der Waals surface area contributed by atoms with Gasteiger partial charge in [-0.2, -0.15) is 5.26 Å². The van der Waals surface area contributed by atoms with E-state index in [0.29, 0.717) is 22.6 Å². The van der Waals surface area contributed by atoms with Crippen molar-refractivity contribution in [1.29, 1.82) is 5.26 Å². The van der Waals surface area contributed by atoms with Gasteiger partial charge in [-0.1, -0.05) is 24.3 Å². The minimum absolute atomic E-state index is 0.149. The summed E-state index contributed by atoms with van der Waals surface area (Å²) < 4.78 is 10.5. The number of nitrogens with zero attached hydrogens (tertiary/aromatic N) is 2. The quantitative estimate of drug-likeness (QED) is 0.197. The van der Waals surface area contributed by atoms with Crippen LogP contribution in [0.25, 0.3) is 5.76 Å². The number of carbonyl (C=O) groups is 3. The van der Waals surface area contributed by atoms with Gasteiger partial charge in [-0.05, 0) is 54.1 Å². The molecule has 0 radical (unpaired) electrons. The summed E-state index contributed by atoms with van der Waals surface area (Å²) in [4.78, 5) is 39.3. The predicted molar refractivity (Wildman–Crippen MR) is 127 cm³/mol. The molecule has 0 bridgehead atoms. The summed E-state index contributed by atoms with van der Waals surface area (Å²) in [7, 11) is 1.43. The van der Waals surface area contributed by atoms with E-state index in [1.54, 1.807) is 54.6 Å². The number of ether oxygens (including phenoxy) is 2. The summed E-state index contributed by atoms with van der Waals surface area (Å²) >= 11 is 0. The minimum atomic E-state index is -1.04. The number of benzene rings is 3. The fraction of sp³-hybridized carbons (Fsp3) is 0.111. The van der Waals surface area contributed by atoms with Gasteiger partial charge in [0.15, 0.2) is 0 Å². The first-order chi connectivity index (χ1) is 16.8. The Hall–Kier alpha value is -4.90. The highest BCUT2D eigenvalue weighted by molar-refractivity contribution is 6.51. The van der Waals surface area contributed by atoms with Crippen molar-refractivity contribution < 1.29 is 29.0 Å². The van der Waals surface area contributed by atoms with Crippen LogP contribution in [0.5, 0.6) is 11.5 Å². The van der Waals surface area contributed by atoms with Crippen LogP contribution < -0.4 is 14.4 Å². The van der Waals surface area contributed by atoms with E-state index in [4.69, 9.17) is 14.7 Å². The molecule has 1 unspecified atom stereocenters. The number of aliphatic hydroxyl groups excluding tert-OH is 1. The number of hydrogen-bond donors (Lipinski definition) is 1. The number of rotatable bonds is 5. The van der Waals surface area contributed by atoms with Crippen molar-refractivity contribution in [3.63, 3.8) is 0 Å².